The number of fused-ring (bicyclic) bond motifs is 2. The van der Waals surface area contributed by atoms with Crippen LogP contribution in [0, 0.1) is 10.6 Å². The van der Waals surface area contributed by atoms with Crippen molar-refractivity contribution in [2.45, 2.75) is 18.9 Å². The molecule has 0 radical (unpaired) electrons. The fraction of sp³-hybridized carbons (Fsp3) is 0.188. The first-order valence-electron chi connectivity index (χ1n) is 6.69. The highest BCUT2D eigenvalue weighted by Crippen LogP contribution is 2.33. The summed E-state index contributed by atoms with van der Waals surface area (Å²) in [4.78, 5) is 3.00. The van der Waals surface area contributed by atoms with E-state index in [0.717, 1.165) is 18.4 Å². The van der Waals surface area contributed by atoms with Gasteiger partial charge in [0.05, 0.1) is 5.52 Å². The fourth-order valence-electron chi connectivity index (χ4n) is 3.19. The van der Waals surface area contributed by atoms with Crippen LogP contribution in [0.2, 0.25) is 0 Å². The summed E-state index contributed by atoms with van der Waals surface area (Å²) in [6, 6.07) is 13.8. The number of halogens is 1. The van der Waals surface area contributed by atoms with Crippen molar-refractivity contribution in [2.75, 3.05) is 0 Å². The monoisotopic (exact) mass is 284 g/mol. The molecule has 1 heterocycles. The van der Waals surface area contributed by atoms with Gasteiger partial charge in [0.25, 0.3) is 0 Å². The SMILES string of the molecule is Fc1cccc2c1[nH]c(=S)n2C1Cc2ccccc2C1. The number of benzene rings is 2. The van der Waals surface area contributed by atoms with E-state index >= 15 is 0 Å². The predicted molar refractivity (Wildman–Crippen MR) is 80.0 cm³/mol. The Labute approximate surface area is 120 Å². The van der Waals surface area contributed by atoms with Gasteiger partial charge in [0, 0.05) is 6.04 Å². The number of nitrogens with one attached hydrogen (secondary N) is 1. The van der Waals surface area contributed by atoms with Crippen molar-refractivity contribution >= 4 is 23.3 Å². The van der Waals surface area contributed by atoms with E-state index in [1.807, 2.05) is 6.07 Å². The summed E-state index contributed by atoms with van der Waals surface area (Å²) in [5.74, 6) is -0.247. The normalized spacial score (nSPS) is 14.8. The van der Waals surface area contributed by atoms with E-state index in [0.29, 0.717) is 10.3 Å². The number of aromatic nitrogens is 2. The second kappa shape index (κ2) is 4.28. The molecule has 1 N–H and O–H groups in total. The van der Waals surface area contributed by atoms with Gasteiger partial charge in [-0.15, -0.1) is 0 Å². The van der Waals surface area contributed by atoms with Crippen molar-refractivity contribution in [2.24, 2.45) is 0 Å². The van der Waals surface area contributed by atoms with Gasteiger partial charge in [-0.1, -0.05) is 30.3 Å². The molecule has 20 heavy (non-hydrogen) atoms. The maximum Gasteiger partial charge on any atom is 0.178 e. The van der Waals surface area contributed by atoms with Crippen LogP contribution in [0.5, 0.6) is 0 Å². The Hall–Kier alpha value is -1.94. The summed E-state index contributed by atoms with van der Waals surface area (Å²) in [6.07, 6.45) is 1.90. The van der Waals surface area contributed by atoms with E-state index in [2.05, 4.69) is 33.8 Å². The maximum absolute atomic E-state index is 13.8. The molecule has 100 valence electrons. The van der Waals surface area contributed by atoms with Gasteiger partial charge in [0.2, 0.25) is 0 Å². The molecule has 0 spiro atoms. The van der Waals surface area contributed by atoms with E-state index in [9.17, 15) is 4.39 Å². The second-order valence-electron chi connectivity index (χ2n) is 5.26. The summed E-state index contributed by atoms with van der Waals surface area (Å²) in [5, 5.41) is 0. The zero-order valence-electron chi connectivity index (χ0n) is 10.8. The Morgan fingerprint density at radius 2 is 1.75 bits per heavy atom. The Morgan fingerprint density at radius 1 is 1.05 bits per heavy atom. The van der Waals surface area contributed by atoms with Gasteiger partial charge in [-0.05, 0) is 48.3 Å². The van der Waals surface area contributed by atoms with Crippen LogP contribution < -0.4 is 0 Å². The van der Waals surface area contributed by atoms with E-state index < -0.39 is 0 Å². The lowest BCUT2D eigenvalue weighted by molar-refractivity contribution is 0.537. The van der Waals surface area contributed by atoms with Crippen LogP contribution >= 0.6 is 12.2 Å². The first-order valence-corrected chi connectivity index (χ1v) is 7.10. The predicted octanol–water partition coefficient (Wildman–Crippen LogP) is 4.18. The Bertz CT molecular complexity index is 837. The van der Waals surface area contributed by atoms with Crippen LogP contribution in [-0.4, -0.2) is 9.55 Å². The van der Waals surface area contributed by atoms with Gasteiger partial charge in [-0.2, -0.15) is 0 Å². The standard InChI is InChI=1S/C16H13FN2S/c17-13-6-3-7-14-15(13)18-16(20)19(14)12-8-10-4-1-2-5-11(10)9-12/h1-7,12H,8-9H2,(H,18,20). The summed E-state index contributed by atoms with van der Waals surface area (Å²) >= 11 is 5.40. The molecular formula is C16H13FN2S. The summed E-state index contributed by atoms with van der Waals surface area (Å²) < 4.78 is 16.5. The largest absolute Gasteiger partial charge is 0.328 e. The van der Waals surface area contributed by atoms with Gasteiger partial charge in [0.15, 0.2) is 4.77 Å². The molecule has 1 aromatic heterocycles. The molecule has 0 atom stereocenters. The lowest BCUT2D eigenvalue weighted by Crippen LogP contribution is -2.08. The third kappa shape index (κ3) is 1.64. The molecule has 3 aromatic rings. The molecular weight excluding hydrogens is 271 g/mol. The second-order valence-corrected chi connectivity index (χ2v) is 5.65. The van der Waals surface area contributed by atoms with Crippen molar-refractivity contribution < 1.29 is 4.39 Å². The minimum atomic E-state index is -0.247. The molecule has 0 aliphatic heterocycles. The van der Waals surface area contributed by atoms with Crippen LogP contribution in [-0.2, 0) is 12.8 Å². The summed E-state index contributed by atoms with van der Waals surface area (Å²) in [7, 11) is 0. The van der Waals surface area contributed by atoms with Crippen molar-refractivity contribution in [3.05, 3.63) is 64.2 Å². The topological polar surface area (TPSA) is 20.7 Å². The van der Waals surface area contributed by atoms with Crippen molar-refractivity contribution in [1.82, 2.24) is 9.55 Å². The molecule has 2 nitrogen and oxygen atoms in total. The third-order valence-corrected chi connectivity index (χ3v) is 4.40. The Balaban J connectivity index is 1.87. The van der Waals surface area contributed by atoms with Gasteiger partial charge in [-0.3, -0.25) is 0 Å². The van der Waals surface area contributed by atoms with Crippen molar-refractivity contribution in [1.29, 1.82) is 0 Å². The minimum Gasteiger partial charge on any atom is -0.328 e. The van der Waals surface area contributed by atoms with Gasteiger partial charge < -0.3 is 9.55 Å². The molecule has 1 aliphatic rings. The van der Waals surface area contributed by atoms with Crippen LogP contribution in [0.4, 0.5) is 4.39 Å². The van der Waals surface area contributed by atoms with E-state index in [-0.39, 0.29) is 11.9 Å². The smallest absolute Gasteiger partial charge is 0.178 e. The van der Waals surface area contributed by atoms with Crippen LogP contribution in [0.15, 0.2) is 42.5 Å². The highest BCUT2D eigenvalue weighted by Gasteiger charge is 2.24. The molecule has 0 unspecified atom stereocenters. The highest BCUT2D eigenvalue weighted by molar-refractivity contribution is 7.71. The summed E-state index contributed by atoms with van der Waals surface area (Å²) in [5.41, 5.74) is 4.09. The van der Waals surface area contributed by atoms with E-state index in [4.69, 9.17) is 12.2 Å². The van der Waals surface area contributed by atoms with Crippen LogP contribution in [0.3, 0.4) is 0 Å². The van der Waals surface area contributed by atoms with Gasteiger partial charge in [-0.25, -0.2) is 4.39 Å². The average molecular weight is 284 g/mol. The Morgan fingerprint density at radius 3 is 2.45 bits per heavy atom. The fourth-order valence-corrected chi connectivity index (χ4v) is 3.54. The van der Waals surface area contributed by atoms with Gasteiger partial charge in [0.1, 0.15) is 11.3 Å². The third-order valence-electron chi connectivity index (χ3n) is 4.10. The van der Waals surface area contributed by atoms with Crippen molar-refractivity contribution in [3.8, 4) is 0 Å². The highest BCUT2D eigenvalue weighted by atomic mass is 32.1. The number of rotatable bonds is 1. The van der Waals surface area contributed by atoms with Crippen LogP contribution in [0.25, 0.3) is 11.0 Å². The first kappa shape index (κ1) is 11.9. The molecule has 0 bridgehead atoms. The zero-order valence-corrected chi connectivity index (χ0v) is 11.6. The number of imidazole rings is 1. The molecule has 4 heteroatoms. The van der Waals surface area contributed by atoms with E-state index in [1.54, 1.807) is 6.07 Å². The number of para-hydroxylation sites is 1. The minimum absolute atomic E-state index is 0.247. The quantitative estimate of drug-likeness (QED) is 0.665. The number of nitrogens with zero attached hydrogens (tertiary/aromatic N) is 1. The van der Waals surface area contributed by atoms with Gasteiger partial charge >= 0.3 is 0 Å². The number of H-pyrrole nitrogens is 1. The lowest BCUT2D eigenvalue weighted by Gasteiger charge is -2.12. The Kier molecular flexibility index (Phi) is 2.54. The molecule has 0 saturated heterocycles. The summed E-state index contributed by atoms with van der Waals surface area (Å²) in [6.45, 7) is 0. The number of aromatic amines is 1. The molecule has 0 saturated carbocycles. The zero-order chi connectivity index (χ0) is 13.7. The van der Waals surface area contributed by atoms with Crippen molar-refractivity contribution in [3.63, 3.8) is 0 Å². The molecule has 0 amide bonds. The maximum atomic E-state index is 13.8. The lowest BCUT2D eigenvalue weighted by atomic mass is 10.1. The van der Waals surface area contributed by atoms with E-state index in [1.165, 1.54) is 17.2 Å². The molecule has 1 aliphatic carbocycles. The first-order chi connectivity index (χ1) is 9.74. The number of hydrogen-bond acceptors (Lipinski definition) is 1. The number of hydrogen-bond donors (Lipinski definition) is 1. The molecule has 2 aromatic carbocycles. The average Bonchev–Trinajstić information content (AvgIpc) is 2.99. The molecule has 4 rings (SSSR count). The molecule has 0 fully saturated rings. The van der Waals surface area contributed by atoms with Crippen LogP contribution in [0.1, 0.15) is 17.2 Å².